The van der Waals surface area contributed by atoms with E-state index < -0.39 is 0 Å². The van der Waals surface area contributed by atoms with E-state index in [4.69, 9.17) is 0 Å². The number of hydrogen-bond donors (Lipinski definition) is 1. The molecule has 1 saturated heterocycles. The molecule has 0 aromatic heterocycles. The number of anilines is 1. The van der Waals surface area contributed by atoms with Gasteiger partial charge in [0.15, 0.2) is 0 Å². The van der Waals surface area contributed by atoms with Crippen molar-refractivity contribution < 1.29 is 9.59 Å². The third kappa shape index (κ3) is 8.69. The second-order valence-electron chi connectivity index (χ2n) is 8.65. The van der Waals surface area contributed by atoms with Gasteiger partial charge in [-0.25, -0.2) is 4.79 Å². The fourth-order valence-electron chi connectivity index (χ4n) is 3.15. The lowest BCUT2D eigenvalue weighted by Gasteiger charge is -2.26. The van der Waals surface area contributed by atoms with Gasteiger partial charge in [0.1, 0.15) is 0 Å². The Hall–Kier alpha value is -1.69. The Morgan fingerprint density at radius 1 is 1.00 bits per heavy atom. The van der Waals surface area contributed by atoms with Crippen LogP contribution in [-0.4, -0.2) is 59.4 Å². The summed E-state index contributed by atoms with van der Waals surface area (Å²) < 4.78 is 0. The Balaban J connectivity index is 1.89. The first-order valence-electron chi connectivity index (χ1n) is 10.9. The molecule has 1 aromatic carbocycles. The van der Waals surface area contributed by atoms with Gasteiger partial charge in [0.05, 0.1) is 6.42 Å². The molecule has 0 saturated carbocycles. The highest BCUT2D eigenvalue weighted by Gasteiger charge is 2.17. The summed E-state index contributed by atoms with van der Waals surface area (Å²) >= 11 is 1.90. The number of rotatable bonds is 9. The molecular formula is C23H37N3O2S. The minimum atomic E-state index is -0.0408. The van der Waals surface area contributed by atoms with E-state index in [0.29, 0.717) is 18.3 Å². The second-order valence-corrected chi connectivity index (χ2v) is 9.87. The largest absolute Gasteiger partial charge is 0.341 e. The summed E-state index contributed by atoms with van der Waals surface area (Å²) in [7, 11) is 0. The van der Waals surface area contributed by atoms with Crippen molar-refractivity contribution >= 4 is 29.4 Å². The molecule has 29 heavy (non-hydrogen) atoms. The van der Waals surface area contributed by atoms with Crippen LogP contribution < -0.4 is 5.32 Å². The first-order chi connectivity index (χ1) is 13.8. The topological polar surface area (TPSA) is 52.7 Å². The van der Waals surface area contributed by atoms with Crippen molar-refractivity contribution in [3.05, 3.63) is 29.8 Å². The standard InChI is InChI=1S/C23H37N3O2S/c1-18(2)9-11-26(12-10-19(3)4)23(28)24-21-7-5-20(6-8-21)17-22(27)25-13-15-29-16-14-25/h5-8,18-19H,9-17H2,1-4H3,(H,24,28). The molecule has 1 aliphatic heterocycles. The molecule has 1 aliphatic rings. The highest BCUT2D eigenvalue weighted by molar-refractivity contribution is 7.99. The van der Waals surface area contributed by atoms with Crippen LogP contribution in [0.4, 0.5) is 10.5 Å². The summed E-state index contributed by atoms with van der Waals surface area (Å²) in [6.45, 7) is 12.0. The molecule has 1 fully saturated rings. The number of nitrogens with one attached hydrogen (secondary N) is 1. The van der Waals surface area contributed by atoms with Gasteiger partial charge in [0.25, 0.3) is 0 Å². The van der Waals surface area contributed by atoms with Crippen molar-refractivity contribution in [3.63, 3.8) is 0 Å². The summed E-state index contributed by atoms with van der Waals surface area (Å²) in [6, 6.07) is 7.64. The molecule has 0 unspecified atom stereocenters. The second kappa shape index (κ2) is 12.1. The smallest absolute Gasteiger partial charge is 0.321 e. The van der Waals surface area contributed by atoms with Crippen LogP contribution in [0.1, 0.15) is 46.1 Å². The molecule has 1 heterocycles. The average molecular weight is 420 g/mol. The molecule has 1 N–H and O–H groups in total. The molecule has 3 amide bonds. The number of thioether (sulfide) groups is 1. The summed E-state index contributed by atoms with van der Waals surface area (Å²) in [5, 5.41) is 3.02. The molecule has 0 spiro atoms. The Morgan fingerprint density at radius 3 is 2.07 bits per heavy atom. The monoisotopic (exact) mass is 419 g/mol. The number of benzene rings is 1. The van der Waals surface area contributed by atoms with Crippen LogP contribution in [0.5, 0.6) is 0 Å². The van der Waals surface area contributed by atoms with E-state index in [9.17, 15) is 9.59 Å². The molecule has 162 valence electrons. The summed E-state index contributed by atoms with van der Waals surface area (Å²) in [4.78, 5) is 29.0. The number of hydrogen-bond acceptors (Lipinski definition) is 3. The van der Waals surface area contributed by atoms with Gasteiger partial charge in [0, 0.05) is 43.4 Å². The number of carbonyl (C=O) groups excluding carboxylic acids is 2. The zero-order chi connectivity index (χ0) is 21.2. The number of amides is 3. The van der Waals surface area contributed by atoms with Crippen LogP contribution in [-0.2, 0) is 11.2 Å². The van der Waals surface area contributed by atoms with Crippen molar-refractivity contribution in [2.24, 2.45) is 11.8 Å². The Labute approximate surface area is 180 Å². The highest BCUT2D eigenvalue weighted by Crippen LogP contribution is 2.15. The third-order valence-electron chi connectivity index (χ3n) is 5.16. The van der Waals surface area contributed by atoms with E-state index in [0.717, 1.165) is 61.8 Å². The van der Waals surface area contributed by atoms with E-state index in [1.54, 1.807) is 0 Å². The maximum atomic E-state index is 12.8. The Morgan fingerprint density at radius 2 is 1.55 bits per heavy atom. The summed E-state index contributed by atoms with van der Waals surface area (Å²) in [5.41, 5.74) is 1.77. The van der Waals surface area contributed by atoms with Gasteiger partial charge in [-0.15, -0.1) is 0 Å². The quantitative estimate of drug-likeness (QED) is 0.629. The van der Waals surface area contributed by atoms with Crippen molar-refractivity contribution in [3.8, 4) is 0 Å². The molecule has 2 rings (SSSR count). The summed E-state index contributed by atoms with van der Waals surface area (Å²) in [6.07, 6.45) is 2.43. The van der Waals surface area contributed by atoms with Gasteiger partial charge in [-0.3, -0.25) is 4.79 Å². The molecule has 0 bridgehead atoms. The van der Waals surface area contributed by atoms with Gasteiger partial charge >= 0.3 is 6.03 Å². The van der Waals surface area contributed by atoms with E-state index in [-0.39, 0.29) is 11.9 Å². The molecule has 0 aliphatic carbocycles. The van der Waals surface area contributed by atoms with Crippen LogP contribution in [0.15, 0.2) is 24.3 Å². The van der Waals surface area contributed by atoms with E-state index in [1.807, 2.05) is 45.8 Å². The van der Waals surface area contributed by atoms with Crippen LogP contribution >= 0.6 is 11.8 Å². The minimum absolute atomic E-state index is 0.0408. The number of nitrogens with zero attached hydrogens (tertiary/aromatic N) is 2. The number of carbonyl (C=O) groups is 2. The maximum Gasteiger partial charge on any atom is 0.321 e. The van der Waals surface area contributed by atoms with Gasteiger partial charge in [-0.1, -0.05) is 39.8 Å². The molecular weight excluding hydrogens is 382 g/mol. The predicted octanol–water partition coefficient (Wildman–Crippen LogP) is 4.73. The zero-order valence-corrected chi connectivity index (χ0v) is 19.3. The third-order valence-corrected chi connectivity index (χ3v) is 6.11. The molecule has 0 atom stereocenters. The van der Waals surface area contributed by atoms with Gasteiger partial charge in [-0.2, -0.15) is 11.8 Å². The fraction of sp³-hybridized carbons (Fsp3) is 0.652. The lowest BCUT2D eigenvalue weighted by molar-refractivity contribution is -0.130. The highest BCUT2D eigenvalue weighted by atomic mass is 32.2. The SMILES string of the molecule is CC(C)CCN(CCC(C)C)C(=O)Nc1ccc(CC(=O)N2CCSCC2)cc1. The Kier molecular flexibility index (Phi) is 9.85. The lowest BCUT2D eigenvalue weighted by Crippen LogP contribution is -2.38. The zero-order valence-electron chi connectivity index (χ0n) is 18.4. The van der Waals surface area contributed by atoms with Crippen molar-refractivity contribution in [1.82, 2.24) is 9.80 Å². The predicted molar refractivity (Wildman–Crippen MR) is 124 cm³/mol. The average Bonchev–Trinajstić information content (AvgIpc) is 2.69. The lowest BCUT2D eigenvalue weighted by atomic mass is 10.1. The molecule has 1 aromatic rings. The van der Waals surface area contributed by atoms with Crippen LogP contribution in [0.2, 0.25) is 0 Å². The van der Waals surface area contributed by atoms with Crippen LogP contribution in [0, 0.1) is 11.8 Å². The van der Waals surface area contributed by atoms with Crippen molar-refractivity contribution in [2.75, 3.05) is 43.0 Å². The first-order valence-corrected chi connectivity index (χ1v) is 12.0. The maximum absolute atomic E-state index is 12.8. The van der Waals surface area contributed by atoms with Gasteiger partial charge in [0.2, 0.25) is 5.91 Å². The first kappa shape index (κ1) is 23.6. The van der Waals surface area contributed by atoms with Crippen molar-refractivity contribution in [1.29, 1.82) is 0 Å². The van der Waals surface area contributed by atoms with E-state index in [1.165, 1.54) is 0 Å². The Bertz CT molecular complexity index is 628. The number of urea groups is 1. The summed E-state index contributed by atoms with van der Waals surface area (Å²) in [5.74, 6) is 3.39. The normalized spacial score (nSPS) is 14.3. The van der Waals surface area contributed by atoms with E-state index in [2.05, 4.69) is 33.0 Å². The minimum Gasteiger partial charge on any atom is -0.341 e. The van der Waals surface area contributed by atoms with Crippen molar-refractivity contribution in [2.45, 2.75) is 47.0 Å². The van der Waals surface area contributed by atoms with Gasteiger partial charge in [-0.05, 0) is 42.4 Å². The molecule has 5 nitrogen and oxygen atoms in total. The molecule has 6 heteroatoms. The fourth-order valence-corrected chi connectivity index (χ4v) is 4.05. The van der Waals surface area contributed by atoms with Gasteiger partial charge < -0.3 is 15.1 Å². The van der Waals surface area contributed by atoms with Crippen LogP contribution in [0.3, 0.4) is 0 Å². The van der Waals surface area contributed by atoms with E-state index >= 15 is 0 Å². The van der Waals surface area contributed by atoms with Crippen LogP contribution in [0.25, 0.3) is 0 Å². The molecule has 0 radical (unpaired) electrons.